The molecule has 0 aromatic heterocycles. The third-order valence-electron chi connectivity index (χ3n) is 7.63. The Labute approximate surface area is 242 Å². The van der Waals surface area contributed by atoms with Crippen molar-refractivity contribution in [2.24, 2.45) is 0 Å². The molecular weight excluding hydrogens is 548 g/mol. The number of likely N-dealkylation sites (N-methyl/N-ethyl adjacent to an activating group) is 2. The minimum absolute atomic E-state index is 0.175. The van der Waals surface area contributed by atoms with Crippen LogP contribution in [0.5, 0.6) is 23.0 Å². The Kier molecular flexibility index (Phi) is 7.50. The highest BCUT2D eigenvalue weighted by Gasteiger charge is 2.59. The minimum Gasteiger partial charge on any atom is -0.492 e. The molecule has 0 unspecified atom stereocenters. The first-order valence-corrected chi connectivity index (χ1v) is 12.9. The fourth-order valence-electron chi connectivity index (χ4n) is 5.78. The first-order valence-electron chi connectivity index (χ1n) is 12.9. The maximum atomic E-state index is 13.9. The molecule has 12 heteroatoms. The van der Waals surface area contributed by atoms with Gasteiger partial charge in [0.1, 0.15) is 0 Å². The van der Waals surface area contributed by atoms with Crippen LogP contribution in [0.4, 0.5) is 11.4 Å². The molecule has 0 bridgehead atoms. The van der Waals surface area contributed by atoms with Crippen LogP contribution in [-0.2, 0) is 30.3 Å². The summed E-state index contributed by atoms with van der Waals surface area (Å²) in [6, 6.07) is 13.4. The van der Waals surface area contributed by atoms with E-state index in [0.717, 1.165) is 0 Å². The van der Waals surface area contributed by atoms with Crippen LogP contribution in [0.1, 0.15) is 22.3 Å². The van der Waals surface area contributed by atoms with E-state index in [9.17, 15) is 19.8 Å². The van der Waals surface area contributed by atoms with Crippen molar-refractivity contribution < 1.29 is 48.2 Å². The van der Waals surface area contributed by atoms with Gasteiger partial charge in [0.25, 0.3) is 11.8 Å². The predicted octanol–water partition coefficient (Wildman–Crippen LogP) is 2.09. The number of carbonyl (C=O) groups excluding carboxylic acids is 2. The van der Waals surface area contributed by atoms with E-state index < -0.39 is 23.0 Å². The molecule has 2 aliphatic rings. The third kappa shape index (κ3) is 3.83. The average Bonchev–Trinajstić information content (AvgIpc) is 3.34. The lowest BCUT2D eigenvalue weighted by Crippen LogP contribution is -2.42. The van der Waals surface area contributed by atoms with Crippen LogP contribution in [0.3, 0.4) is 0 Å². The topological polar surface area (TPSA) is 136 Å². The lowest BCUT2D eigenvalue weighted by molar-refractivity contribution is -0.133. The summed E-state index contributed by atoms with van der Waals surface area (Å²) in [5.41, 5.74) is -3.70. The van der Waals surface area contributed by atoms with E-state index in [4.69, 9.17) is 28.4 Å². The molecule has 3 aromatic rings. The largest absolute Gasteiger partial charge is 0.492 e. The Morgan fingerprint density at radius 2 is 0.976 bits per heavy atom. The molecule has 2 amide bonds. The van der Waals surface area contributed by atoms with Crippen molar-refractivity contribution in [3.8, 4) is 23.0 Å². The first-order chi connectivity index (χ1) is 20.1. The number of aliphatic hydroxyl groups is 2. The molecular formula is C30H32N2O10. The summed E-state index contributed by atoms with van der Waals surface area (Å²) >= 11 is 0. The zero-order valence-corrected chi connectivity index (χ0v) is 24.1. The van der Waals surface area contributed by atoms with Gasteiger partial charge in [-0.25, -0.2) is 0 Å². The molecule has 2 heterocycles. The van der Waals surface area contributed by atoms with E-state index in [0.29, 0.717) is 11.4 Å². The van der Waals surface area contributed by atoms with Crippen LogP contribution < -0.4 is 28.7 Å². The van der Waals surface area contributed by atoms with Gasteiger partial charge in [-0.05, 0) is 12.1 Å². The molecule has 222 valence electrons. The molecule has 2 atom stereocenters. The monoisotopic (exact) mass is 580 g/mol. The van der Waals surface area contributed by atoms with Crippen molar-refractivity contribution in [1.82, 2.24) is 0 Å². The van der Waals surface area contributed by atoms with Crippen LogP contribution in [0, 0.1) is 0 Å². The molecule has 42 heavy (non-hydrogen) atoms. The fourth-order valence-corrected chi connectivity index (χ4v) is 5.78. The molecule has 3 aromatic carbocycles. The van der Waals surface area contributed by atoms with Gasteiger partial charge in [0.2, 0.25) is 11.2 Å². The second-order valence-corrected chi connectivity index (χ2v) is 9.76. The van der Waals surface area contributed by atoms with E-state index in [1.165, 1.54) is 52.3 Å². The van der Waals surface area contributed by atoms with Gasteiger partial charge < -0.3 is 48.4 Å². The summed E-state index contributed by atoms with van der Waals surface area (Å²) in [6.07, 6.45) is 0. The smallest absolute Gasteiger partial charge is 0.268 e. The number of hydrogen-bond acceptors (Lipinski definition) is 10. The molecule has 2 N–H and O–H groups in total. The number of fused-ring (bicyclic) bond motifs is 2. The van der Waals surface area contributed by atoms with E-state index in [1.807, 2.05) is 0 Å². The minimum atomic E-state index is -2.37. The van der Waals surface area contributed by atoms with Gasteiger partial charge in [-0.1, -0.05) is 36.4 Å². The summed E-state index contributed by atoms with van der Waals surface area (Å²) in [7, 11) is 8.43. The van der Waals surface area contributed by atoms with Crippen molar-refractivity contribution in [2.45, 2.75) is 11.2 Å². The van der Waals surface area contributed by atoms with Crippen molar-refractivity contribution in [3.05, 3.63) is 70.8 Å². The summed E-state index contributed by atoms with van der Waals surface area (Å²) in [5, 5.41) is 24.8. The number of methoxy groups -OCH3 is 4. The Morgan fingerprint density at radius 3 is 1.31 bits per heavy atom. The summed E-state index contributed by atoms with van der Waals surface area (Å²) < 4.78 is 34.0. The number of carbonyl (C=O) groups is 2. The standard InChI is InChI=1S/C30H32N2O10/c1-31-19-13-9-7-11-17(19)29(35,27(31)33)21-23(39-5)26(42-16-38-4)22(24(40-6)25(21)41-15-37-3)30(36)18-12-8-10-14-20(18)32(2)28(30)34/h7-14,35-36H,15-16H2,1-6H3/t29-,30+. The van der Waals surface area contributed by atoms with Crippen LogP contribution in [0.15, 0.2) is 48.5 Å². The zero-order valence-electron chi connectivity index (χ0n) is 24.1. The normalized spacial score (nSPS) is 21.0. The van der Waals surface area contributed by atoms with Crippen LogP contribution >= 0.6 is 0 Å². The van der Waals surface area contributed by atoms with Gasteiger partial charge in [0.15, 0.2) is 36.6 Å². The Hall–Kier alpha value is -4.36. The SMILES string of the molecule is COCOc1c(OC)c([C@]2(O)C(=O)N(C)c3ccccc32)c(OCOC)c(OC)c1[C@@]1(O)C(=O)N(C)c2ccccc21. The fraction of sp³-hybridized carbons (Fsp3) is 0.333. The Morgan fingerprint density at radius 1 is 0.619 bits per heavy atom. The molecule has 0 aliphatic carbocycles. The molecule has 0 fully saturated rings. The zero-order chi connectivity index (χ0) is 30.4. The molecule has 0 saturated carbocycles. The van der Waals surface area contributed by atoms with Gasteiger partial charge in [-0.3, -0.25) is 9.59 Å². The van der Waals surface area contributed by atoms with Crippen LogP contribution in [0.25, 0.3) is 0 Å². The number of benzene rings is 3. The number of ether oxygens (including phenoxy) is 6. The molecule has 2 aliphatic heterocycles. The van der Waals surface area contributed by atoms with Gasteiger partial charge >= 0.3 is 0 Å². The number of para-hydroxylation sites is 2. The number of amides is 2. The lowest BCUT2D eigenvalue weighted by atomic mass is 9.80. The van der Waals surface area contributed by atoms with Gasteiger partial charge in [-0.2, -0.15) is 0 Å². The van der Waals surface area contributed by atoms with Gasteiger partial charge in [0.05, 0.1) is 36.7 Å². The highest BCUT2D eigenvalue weighted by Crippen LogP contribution is 2.61. The quantitative estimate of drug-likeness (QED) is 0.343. The van der Waals surface area contributed by atoms with Crippen molar-refractivity contribution in [3.63, 3.8) is 0 Å². The Bertz CT molecular complexity index is 1440. The highest BCUT2D eigenvalue weighted by atomic mass is 16.7. The lowest BCUT2D eigenvalue weighted by Gasteiger charge is -2.33. The summed E-state index contributed by atoms with van der Waals surface area (Å²) in [4.78, 5) is 30.4. The van der Waals surface area contributed by atoms with E-state index >= 15 is 0 Å². The molecule has 0 radical (unpaired) electrons. The van der Waals surface area contributed by atoms with E-state index in [1.54, 1.807) is 48.5 Å². The molecule has 12 nitrogen and oxygen atoms in total. The molecule has 0 saturated heterocycles. The van der Waals surface area contributed by atoms with Crippen LogP contribution in [-0.4, -0.2) is 78.1 Å². The number of anilines is 2. The van der Waals surface area contributed by atoms with Crippen molar-refractivity contribution in [2.75, 3.05) is 65.9 Å². The number of nitrogens with zero attached hydrogens (tertiary/aromatic N) is 2. The maximum absolute atomic E-state index is 13.9. The van der Waals surface area contributed by atoms with Crippen molar-refractivity contribution in [1.29, 1.82) is 0 Å². The maximum Gasteiger partial charge on any atom is 0.268 e. The van der Waals surface area contributed by atoms with Gasteiger partial charge in [-0.15, -0.1) is 0 Å². The second-order valence-electron chi connectivity index (χ2n) is 9.76. The second kappa shape index (κ2) is 10.8. The summed E-state index contributed by atoms with van der Waals surface area (Å²) in [6.45, 7) is -0.705. The van der Waals surface area contributed by atoms with E-state index in [2.05, 4.69) is 0 Å². The molecule has 5 rings (SSSR count). The Balaban J connectivity index is 1.96. The predicted molar refractivity (Wildman–Crippen MR) is 150 cm³/mol. The third-order valence-corrected chi connectivity index (χ3v) is 7.63. The van der Waals surface area contributed by atoms with Crippen LogP contribution in [0.2, 0.25) is 0 Å². The summed E-state index contributed by atoms with van der Waals surface area (Å²) in [5.74, 6) is -2.21. The van der Waals surface area contributed by atoms with E-state index in [-0.39, 0.29) is 58.8 Å². The van der Waals surface area contributed by atoms with Gasteiger partial charge in [0, 0.05) is 39.4 Å². The first kappa shape index (κ1) is 29.1. The highest BCUT2D eigenvalue weighted by molar-refractivity contribution is 6.12. The van der Waals surface area contributed by atoms with Crippen molar-refractivity contribution >= 4 is 23.2 Å². The average molecular weight is 581 g/mol. The number of rotatable bonds is 10. The molecule has 0 spiro atoms. The number of hydrogen-bond donors (Lipinski definition) is 2.